The molecular weight excluding hydrogens is 355 g/mol. The summed E-state index contributed by atoms with van der Waals surface area (Å²) in [6.07, 6.45) is 1.37. The van der Waals surface area contributed by atoms with Crippen molar-refractivity contribution in [1.29, 1.82) is 0 Å². The van der Waals surface area contributed by atoms with Gasteiger partial charge in [-0.15, -0.1) is 5.10 Å². The Bertz CT molecular complexity index is 1020. The summed E-state index contributed by atoms with van der Waals surface area (Å²) in [6.45, 7) is 0.0225. The molecule has 2 aromatic carbocycles. The van der Waals surface area contributed by atoms with Crippen LogP contribution in [0.15, 0.2) is 48.7 Å². The first-order valence-electron chi connectivity index (χ1n) is 7.98. The van der Waals surface area contributed by atoms with Crippen molar-refractivity contribution in [2.24, 2.45) is 0 Å². The van der Waals surface area contributed by atoms with Gasteiger partial charge in [0, 0.05) is 17.3 Å². The van der Waals surface area contributed by atoms with Gasteiger partial charge in [-0.1, -0.05) is 5.21 Å². The smallest absolute Gasteiger partial charge is 0.246 e. The average molecular weight is 368 g/mol. The first-order valence-corrected chi connectivity index (χ1v) is 7.98. The molecule has 0 radical (unpaired) electrons. The highest BCUT2D eigenvalue weighted by atomic mass is 19.1. The molecule has 0 spiro atoms. The van der Waals surface area contributed by atoms with Crippen molar-refractivity contribution >= 4 is 17.4 Å². The molecule has 3 aromatic rings. The van der Waals surface area contributed by atoms with E-state index in [1.807, 2.05) is 0 Å². The molecule has 0 saturated carbocycles. The second-order valence-electron chi connectivity index (χ2n) is 5.75. The number of hydrogen-bond acceptors (Lipinski definition) is 6. The molecule has 0 aliphatic carbocycles. The van der Waals surface area contributed by atoms with Gasteiger partial charge >= 0.3 is 0 Å². The van der Waals surface area contributed by atoms with Crippen molar-refractivity contribution in [1.82, 2.24) is 15.0 Å². The summed E-state index contributed by atoms with van der Waals surface area (Å²) in [5.41, 5.74) is 0.901. The Morgan fingerprint density at radius 2 is 1.89 bits per heavy atom. The van der Waals surface area contributed by atoms with Crippen LogP contribution in [0.3, 0.4) is 0 Å². The summed E-state index contributed by atoms with van der Waals surface area (Å²) < 4.78 is 24.7. The van der Waals surface area contributed by atoms with Gasteiger partial charge in [0.25, 0.3) is 0 Å². The number of rotatable bonds is 5. The van der Waals surface area contributed by atoms with E-state index in [1.165, 1.54) is 35.1 Å². The SMILES string of the molecule is O=C(Cn1cc(C(=O)c2ccc(F)cc2)nn1)Nc1ccc2c(c1)OCO2. The van der Waals surface area contributed by atoms with Crippen molar-refractivity contribution in [2.75, 3.05) is 12.1 Å². The standard InChI is InChI=1S/C18H13FN4O4/c19-12-3-1-11(2-4-12)18(25)14-8-23(22-21-14)9-17(24)20-13-5-6-15-16(7-13)27-10-26-15/h1-8H,9-10H2,(H,20,24). The van der Waals surface area contributed by atoms with Gasteiger partial charge in [0.15, 0.2) is 17.2 Å². The molecule has 1 aromatic heterocycles. The topological polar surface area (TPSA) is 95.3 Å². The molecule has 1 amide bonds. The molecule has 0 bridgehead atoms. The maximum atomic E-state index is 12.9. The van der Waals surface area contributed by atoms with Crippen molar-refractivity contribution in [3.8, 4) is 11.5 Å². The highest BCUT2D eigenvalue weighted by Gasteiger charge is 2.16. The van der Waals surface area contributed by atoms with Gasteiger partial charge in [-0.3, -0.25) is 9.59 Å². The number of nitrogens with zero attached hydrogens (tertiary/aromatic N) is 3. The number of ketones is 1. The fourth-order valence-corrected chi connectivity index (χ4v) is 2.55. The first-order chi connectivity index (χ1) is 13.1. The number of hydrogen-bond donors (Lipinski definition) is 1. The Balaban J connectivity index is 1.40. The van der Waals surface area contributed by atoms with Crippen LogP contribution in [0.1, 0.15) is 16.1 Å². The molecule has 0 saturated heterocycles. The number of ether oxygens (including phenoxy) is 2. The molecule has 2 heterocycles. The van der Waals surface area contributed by atoms with Crippen LogP contribution in [-0.2, 0) is 11.3 Å². The van der Waals surface area contributed by atoms with E-state index in [2.05, 4.69) is 15.6 Å². The zero-order valence-electron chi connectivity index (χ0n) is 13.9. The predicted molar refractivity (Wildman–Crippen MR) is 91.0 cm³/mol. The molecule has 0 unspecified atom stereocenters. The maximum absolute atomic E-state index is 12.9. The van der Waals surface area contributed by atoms with Crippen molar-refractivity contribution < 1.29 is 23.5 Å². The fourth-order valence-electron chi connectivity index (χ4n) is 2.55. The molecule has 1 aliphatic rings. The molecule has 0 atom stereocenters. The summed E-state index contributed by atoms with van der Waals surface area (Å²) in [7, 11) is 0. The zero-order valence-corrected chi connectivity index (χ0v) is 13.9. The van der Waals surface area contributed by atoms with Crippen molar-refractivity contribution in [2.45, 2.75) is 6.54 Å². The lowest BCUT2D eigenvalue weighted by Gasteiger charge is -2.05. The van der Waals surface area contributed by atoms with Crippen LogP contribution in [0.2, 0.25) is 0 Å². The Kier molecular flexibility index (Phi) is 4.25. The summed E-state index contributed by atoms with van der Waals surface area (Å²) in [5, 5.41) is 10.3. The number of carbonyl (C=O) groups is 2. The second-order valence-corrected chi connectivity index (χ2v) is 5.75. The lowest BCUT2D eigenvalue weighted by molar-refractivity contribution is -0.116. The van der Waals surface area contributed by atoms with Gasteiger partial charge < -0.3 is 14.8 Å². The Hall–Kier alpha value is -3.75. The lowest BCUT2D eigenvalue weighted by Crippen LogP contribution is -2.19. The maximum Gasteiger partial charge on any atom is 0.246 e. The normalized spacial score (nSPS) is 12.0. The number of nitrogens with one attached hydrogen (secondary N) is 1. The molecule has 1 N–H and O–H groups in total. The fraction of sp³-hybridized carbons (Fsp3) is 0.111. The predicted octanol–water partition coefficient (Wildman–Crippen LogP) is 2.02. The van der Waals surface area contributed by atoms with Crippen LogP contribution < -0.4 is 14.8 Å². The summed E-state index contributed by atoms with van der Waals surface area (Å²) in [5.74, 6) is -0.0127. The van der Waals surface area contributed by atoms with Crippen molar-refractivity contribution in [3.05, 3.63) is 65.7 Å². The molecular formula is C18H13FN4O4. The monoisotopic (exact) mass is 368 g/mol. The third-order valence-electron chi connectivity index (χ3n) is 3.84. The highest BCUT2D eigenvalue weighted by Crippen LogP contribution is 2.34. The van der Waals surface area contributed by atoms with Gasteiger partial charge in [-0.05, 0) is 36.4 Å². The van der Waals surface area contributed by atoms with Crippen LogP contribution >= 0.6 is 0 Å². The molecule has 27 heavy (non-hydrogen) atoms. The number of anilines is 1. The number of halogens is 1. The van der Waals surface area contributed by atoms with Crippen LogP contribution in [0, 0.1) is 5.82 Å². The summed E-state index contributed by atoms with van der Waals surface area (Å²) in [4.78, 5) is 24.5. The van der Waals surface area contributed by atoms with Gasteiger partial charge in [0.1, 0.15) is 12.4 Å². The molecule has 136 valence electrons. The minimum Gasteiger partial charge on any atom is -0.454 e. The van der Waals surface area contributed by atoms with E-state index >= 15 is 0 Å². The number of benzene rings is 2. The van der Waals surface area contributed by atoms with E-state index in [0.717, 1.165) is 0 Å². The Labute approximate surface area is 152 Å². The molecule has 4 rings (SSSR count). The van der Waals surface area contributed by atoms with Crippen LogP contribution in [0.25, 0.3) is 0 Å². The zero-order chi connectivity index (χ0) is 18.8. The van der Waals surface area contributed by atoms with Crippen LogP contribution in [0.5, 0.6) is 11.5 Å². The van der Waals surface area contributed by atoms with Crippen LogP contribution in [-0.4, -0.2) is 33.5 Å². The van der Waals surface area contributed by atoms with E-state index in [0.29, 0.717) is 17.2 Å². The first kappa shape index (κ1) is 16.7. The Morgan fingerprint density at radius 3 is 2.70 bits per heavy atom. The van der Waals surface area contributed by atoms with Gasteiger partial charge in [0.2, 0.25) is 18.5 Å². The Morgan fingerprint density at radius 1 is 1.11 bits per heavy atom. The van der Waals surface area contributed by atoms with E-state index < -0.39 is 11.6 Å². The number of carbonyl (C=O) groups excluding carboxylic acids is 2. The molecule has 1 aliphatic heterocycles. The second kappa shape index (κ2) is 6.87. The molecule has 0 fully saturated rings. The molecule has 8 nitrogen and oxygen atoms in total. The summed E-state index contributed by atoms with van der Waals surface area (Å²) >= 11 is 0. The van der Waals surface area contributed by atoms with Gasteiger partial charge in [-0.2, -0.15) is 0 Å². The van der Waals surface area contributed by atoms with E-state index in [-0.39, 0.29) is 30.5 Å². The van der Waals surface area contributed by atoms with Gasteiger partial charge in [-0.25, -0.2) is 9.07 Å². The largest absolute Gasteiger partial charge is 0.454 e. The quantitative estimate of drug-likeness (QED) is 0.692. The van der Waals surface area contributed by atoms with Crippen molar-refractivity contribution in [3.63, 3.8) is 0 Å². The summed E-state index contributed by atoms with van der Waals surface area (Å²) in [6, 6.07) is 10.2. The molecule has 9 heteroatoms. The third-order valence-corrected chi connectivity index (χ3v) is 3.84. The third kappa shape index (κ3) is 3.61. The number of amides is 1. The number of fused-ring (bicyclic) bond motifs is 1. The van der Waals surface area contributed by atoms with E-state index in [4.69, 9.17) is 9.47 Å². The lowest BCUT2D eigenvalue weighted by atomic mass is 10.1. The van der Waals surface area contributed by atoms with Gasteiger partial charge in [0.05, 0.1) is 6.20 Å². The minimum atomic E-state index is -0.435. The highest BCUT2D eigenvalue weighted by molar-refractivity contribution is 6.07. The number of aromatic nitrogens is 3. The van der Waals surface area contributed by atoms with Crippen LogP contribution in [0.4, 0.5) is 10.1 Å². The van der Waals surface area contributed by atoms with E-state index in [1.54, 1.807) is 18.2 Å². The van der Waals surface area contributed by atoms with E-state index in [9.17, 15) is 14.0 Å². The minimum absolute atomic E-state index is 0.0671. The average Bonchev–Trinajstić information content (AvgIpc) is 3.30.